The van der Waals surface area contributed by atoms with Gasteiger partial charge in [-0.05, 0) is 17.5 Å². The van der Waals surface area contributed by atoms with Gasteiger partial charge in [0.15, 0.2) is 0 Å². The fourth-order valence-corrected chi connectivity index (χ4v) is 2.86. The summed E-state index contributed by atoms with van der Waals surface area (Å²) in [6, 6.07) is 19.0. The summed E-state index contributed by atoms with van der Waals surface area (Å²) in [5.74, 6) is -0.517. The fourth-order valence-electron chi connectivity index (χ4n) is 2.86. The van der Waals surface area contributed by atoms with Crippen molar-refractivity contribution in [2.75, 3.05) is 13.7 Å². The van der Waals surface area contributed by atoms with Crippen LogP contribution in [0, 0.1) is 0 Å². The number of rotatable bonds is 5. The zero-order chi connectivity index (χ0) is 17.6. The van der Waals surface area contributed by atoms with Crippen LogP contribution >= 0.6 is 0 Å². The number of cyclic esters (lactones) is 1. The maximum atomic E-state index is 12.4. The first-order chi connectivity index (χ1) is 12.2. The lowest BCUT2D eigenvalue weighted by Gasteiger charge is -2.24. The van der Waals surface area contributed by atoms with Crippen LogP contribution in [0.3, 0.4) is 0 Å². The molecule has 0 bridgehead atoms. The summed E-state index contributed by atoms with van der Waals surface area (Å²) in [7, 11) is 1.31. The first-order valence-corrected chi connectivity index (χ1v) is 8.04. The Bertz CT molecular complexity index is 771. The Morgan fingerprint density at radius 2 is 1.80 bits per heavy atom. The molecule has 3 rings (SSSR count). The van der Waals surface area contributed by atoms with Gasteiger partial charge >= 0.3 is 12.1 Å². The third-order valence-corrected chi connectivity index (χ3v) is 4.06. The number of amides is 1. The minimum absolute atomic E-state index is 0.189. The van der Waals surface area contributed by atoms with Gasteiger partial charge in [0.1, 0.15) is 6.61 Å². The molecule has 1 aliphatic rings. The van der Waals surface area contributed by atoms with Crippen molar-refractivity contribution in [1.29, 1.82) is 0 Å². The molecule has 0 N–H and O–H groups in total. The number of carbonyl (C=O) groups excluding carboxylic acids is 2. The number of esters is 1. The van der Waals surface area contributed by atoms with Crippen molar-refractivity contribution in [2.24, 2.45) is 0 Å². The number of carbonyl (C=O) groups is 2. The number of hydrogen-bond donors (Lipinski definition) is 0. The predicted molar refractivity (Wildman–Crippen MR) is 93.6 cm³/mol. The Balaban J connectivity index is 1.96. The van der Waals surface area contributed by atoms with Crippen molar-refractivity contribution in [3.8, 4) is 0 Å². The number of benzene rings is 2. The lowest BCUT2D eigenvalue weighted by Crippen LogP contribution is -2.34. The van der Waals surface area contributed by atoms with Gasteiger partial charge in [-0.15, -0.1) is 0 Å². The normalized spacial score (nSPS) is 17.3. The van der Waals surface area contributed by atoms with Crippen LogP contribution in [-0.4, -0.2) is 36.7 Å². The van der Waals surface area contributed by atoms with Crippen molar-refractivity contribution in [1.82, 2.24) is 4.90 Å². The van der Waals surface area contributed by atoms with E-state index in [1.165, 1.54) is 13.2 Å². The van der Waals surface area contributed by atoms with Gasteiger partial charge in [-0.3, -0.25) is 4.90 Å². The molecule has 1 aliphatic heterocycles. The standard InChI is InChI=1S/C20H19NO4/c1-24-19(22)13-18(16-10-6-3-7-11-16)21-17(14-25-20(21)23)12-15-8-4-2-5-9-15/h2-11,13,17H,12,14H2,1H3/b18-13+. The average Bonchev–Trinajstić information content (AvgIpc) is 3.01. The van der Waals surface area contributed by atoms with Crippen LogP contribution in [0.5, 0.6) is 0 Å². The van der Waals surface area contributed by atoms with Gasteiger partial charge in [0, 0.05) is 6.08 Å². The largest absolute Gasteiger partial charge is 0.466 e. The van der Waals surface area contributed by atoms with E-state index in [4.69, 9.17) is 9.47 Å². The highest BCUT2D eigenvalue weighted by atomic mass is 16.6. The summed E-state index contributed by atoms with van der Waals surface area (Å²) >= 11 is 0. The summed E-state index contributed by atoms with van der Waals surface area (Å²) in [6.45, 7) is 0.277. The summed E-state index contributed by atoms with van der Waals surface area (Å²) in [5.41, 5.74) is 2.34. The smallest absolute Gasteiger partial charge is 0.414 e. The lowest BCUT2D eigenvalue weighted by atomic mass is 10.0. The number of methoxy groups -OCH3 is 1. The van der Waals surface area contributed by atoms with Crippen molar-refractivity contribution in [2.45, 2.75) is 12.5 Å². The molecule has 1 unspecified atom stereocenters. The predicted octanol–water partition coefficient (Wildman–Crippen LogP) is 3.26. The van der Waals surface area contributed by atoms with Crippen LogP contribution in [0.25, 0.3) is 5.70 Å². The minimum atomic E-state index is -0.517. The van der Waals surface area contributed by atoms with E-state index >= 15 is 0 Å². The molecular formula is C20H19NO4. The topological polar surface area (TPSA) is 55.8 Å². The summed E-state index contributed by atoms with van der Waals surface area (Å²) in [6.07, 6.45) is 1.51. The summed E-state index contributed by atoms with van der Waals surface area (Å²) in [5, 5.41) is 0. The Kier molecular flexibility index (Phi) is 5.14. The monoisotopic (exact) mass is 337 g/mol. The molecule has 1 amide bonds. The van der Waals surface area contributed by atoms with Crippen molar-refractivity contribution in [3.05, 3.63) is 77.9 Å². The van der Waals surface area contributed by atoms with Gasteiger partial charge in [0.05, 0.1) is 18.8 Å². The third-order valence-electron chi connectivity index (χ3n) is 4.06. The van der Waals surface area contributed by atoms with Gasteiger partial charge in [0.2, 0.25) is 0 Å². The molecule has 0 spiro atoms. The number of ether oxygens (including phenoxy) is 2. The Morgan fingerprint density at radius 3 is 2.44 bits per heavy atom. The molecule has 128 valence electrons. The third kappa shape index (κ3) is 3.88. The van der Waals surface area contributed by atoms with Crippen molar-refractivity contribution < 1.29 is 19.1 Å². The molecule has 1 atom stereocenters. The molecule has 2 aromatic carbocycles. The van der Waals surface area contributed by atoms with Gasteiger partial charge in [-0.2, -0.15) is 0 Å². The molecular weight excluding hydrogens is 318 g/mol. The SMILES string of the molecule is COC(=O)/C=C(\c1ccccc1)N1C(=O)OCC1Cc1ccccc1. The maximum absolute atomic E-state index is 12.4. The summed E-state index contributed by atoms with van der Waals surface area (Å²) in [4.78, 5) is 25.8. The molecule has 5 nitrogen and oxygen atoms in total. The Morgan fingerprint density at radius 1 is 1.16 bits per heavy atom. The molecule has 0 aliphatic carbocycles. The second kappa shape index (κ2) is 7.66. The van der Waals surface area contributed by atoms with E-state index in [2.05, 4.69) is 0 Å². The van der Waals surface area contributed by atoms with Gasteiger partial charge < -0.3 is 9.47 Å². The molecule has 1 fully saturated rings. The number of nitrogens with zero attached hydrogens (tertiary/aromatic N) is 1. The average molecular weight is 337 g/mol. The Hall–Kier alpha value is -3.08. The maximum Gasteiger partial charge on any atom is 0.414 e. The van der Waals surface area contributed by atoms with Gasteiger partial charge in [0.25, 0.3) is 0 Å². The lowest BCUT2D eigenvalue weighted by molar-refractivity contribution is -0.134. The van der Waals surface area contributed by atoms with Crippen LogP contribution < -0.4 is 0 Å². The molecule has 1 saturated heterocycles. The molecule has 25 heavy (non-hydrogen) atoms. The molecule has 1 heterocycles. The van der Waals surface area contributed by atoms with E-state index in [1.54, 1.807) is 4.90 Å². The van der Waals surface area contributed by atoms with E-state index in [-0.39, 0.29) is 12.6 Å². The van der Waals surface area contributed by atoms with Crippen LogP contribution in [-0.2, 0) is 20.7 Å². The van der Waals surface area contributed by atoms with E-state index in [9.17, 15) is 9.59 Å². The zero-order valence-electron chi connectivity index (χ0n) is 13.9. The highest BCUT2D eigenvalue weighted by molar-refractivity contribution is 5.95. The Labute approximate surface area is 146 Å². The van der Waals surface area contributed by atoms with E-state index in [0.29, 0.717) is 12.1 Å². The highest BCUT2D eigenvalue weighted by Gasteiger charge is 2.36. The molecule has 0 radical (unpaired) electrons. The van der Waals surface area contributed by atoms with E-state index in [1.807, 2.05) is 60.7 Å². The first-order valence-electron chi connectivity index (χ1n) is 8.04. The van der Waals surface area contributed by atoms with Gasteiger partial charge in [-0.1, -0.05) is 60.7 Å². The van der Waals surface area contributed by atoms with E-state index in [0.717, 1.165) is 11.1 Å². The van der Waals surface area contributed by atoms with Crippen molar-refractivity contribution >= 4 is 17.8 Å². The van der Waals surface area contributed by atoms with E-state index < -0.39 is 12.1 Å². The first kappa shape index (κ1) is 16.8. The molecule has 2 aromatic rings. The molecule has 0 saturated carbocycles. The van der Waals surface area contributed by atoms with Crippen LogP contribution in [0.4, 0.5) is 4.79 Å². The highest BCUT2D eigenvalue weighted by Crippen LogP contribution is 2.28. The van der Waals surface area contributed by atoms with Gasteiger partial charge in [-0.25, -0.2) is 9.59 Å². The quantitative estimate of drug-likeness (QED) is 0.621. The fraction of sp³-hybridized carbons (Fsp3) is 0.200. The zero-order valence-corrected chi connectivity index (χ0v) is 13.9. The second-order valence-corrected chi connectivity index (χ2v) is 5.71. The van der Waals surface area contributed by atoms with Crippen LogP contribution in [0.2, 0.25) is 0 Å². The number of hydrogen-bond acceptors (Lipinski definition) is 4. The minimum Gasteiger partial charge on any atom is -0.466 e. The van der Waals surface area contributed by atoms with Crippen LogP contribution in [0.15, 0.2) is 66.7 Å². The van der Waals surface area contributed by atoms with Crippen molar-refractivity contribution in [3.63, 3.8) is 0 Å². The molecule has 0 aromatic heterocycles. The summed E-state index contributed by atoms with van der Waals surface area (Å²) < 4.78 is 10.0. The molecule has 5 heteroatoms. The van der Waals surface area contributed by atoms with Crippen LogP contribution in [0.1, 0.15) is 11.1 Å². The second-order valence-electron chi connectivity index (χ2n) is 5.71.